The lowest BCUT2D eigenvalue weighted by Gasteiger charge is -2.06. The van der Waals surface area contributed by atoms with E-state index in [0.29, 0.717) is 34.8 Å². The molecule has 0 heterocycles. The molecule has 30 heavy (non-hydrogen) atoms. The van der Waals surface area contributed by atoms with Crippen molar-refractivity contribution in [1.29, 1.82) is 0 Å². The highest BCUT2D eigenvalue weighted by Gasteiger charge is 2.09. The average Bonchev–Trinajstić information content (AvgIpc) is 2.76. The highest BCUT2D eigenvalue weighted by molar-refractivity contribution is 5.95. The van der Waals surface area contributed by atoms with Crippen LogP contribution in [0, 0.1) is 0 Å². The summed E-state index contributed by atoms with van der Waals surface area (Å²) in [6.07, 6.45) is 1.47. The highest BCUT2D eigenvalue weighted by atomic mass is 16.5. The molecule has 0 aromatic heterocycles. The van der Waals surface area contributed by atoms with E-state index in [4.69, 9.17) is 9.47 Å². The fraction of sp³-hybridized carbons (Fsp3) is 0.0870. The zero-order valence-electron chi connectivity index (χ0n) is 16.2. The minimum absolute atomic E-state index is 0.0818. The van der Waals surface area contributed by atoms with Gasteiger partial charge in [-0.2, -0.15) is 5.10 Å². The lowest BCUT2D eigenvalue weighted by atomic mass is 10.2. The minimum Gasteiger partial charge on any atom is -0.508 e. The van der Waals surface area contributed by atoms with Gasteiger partial charge in [-0.15, -0.1) is 0 Å². The summed E-state index contributed by atoms with van der Waals surface area (Å²) >= 11 is 0. The molecule has 3 aromatic rings. The molecule has 0 spiro atoms. The normalized spacial score (nSPS) is 10.6. The lowest BCUT2D eigenvalue weighted by Crippen LogP contribution is -2.17. The van der Waals surface area contributed by atoms with Crippen LogP contribution in [0.1, 0.15) is 33.2 Å². The summed E-state index contributed by atoms with van der Waals surface area (Å²) < 4.78 is 10.7. The van der Waals surface area contributed by atoms with Crippen LogP contribution in [0.15, 0.2) is 77.9 Å². The van der Waals surface area contributed by atoms with Crippen molar-refractivity contribution >= 4 is 18.1 Å². The summed E-state index contributed by atoms with van der Waals surface area (Å²) in [5, 5.41) is 13.1. The average molecular weight is 404 g/mol. The molecule has 7 nitrogen and oxygen atoms in total. The number of esters is 1. The van der Waals surface area contributed by atoms with E-state index in [0.717, 1.165) is 0 Å². The number of nitrogens with one attached hydrogen (secondary N) is 1. The number of hydrogen-bond acceptors (Lipinski definition) is 6. The number of hydrazone groups is 1. The maximum absolute atomic E-state index is 12.2. The van der Waals surface area contributed by atoms with Crippen LogP contribution in [0.5, 0.6) is 17.2 Å². The monoisotopic (exact) mass is 404 g/mol. The van der Waals surface area contributed by atoms with Gasteiger partial charge in [-0.3, -0.25) is 4.79 Å². The van der Waals surface area contributed by atoms with Gasteiger partial charge in [0.25, 0.3) is 5.91 Å². The second-order valence-electron chi connectivity index (χ2n) is 6.16. The Morgan fingerprint density at radius 2 is 1.50 bits per heavy atom. The van der Waals surface area contributed by atoms with Gasteiger partial charge in [-0.05, 0) is 85.3 Å². The van der Waals surface area contributed by atoms with Gasteiger partial charge in [0, 0.05) is 5.56 Å². The predicted octanol–water partition coefficient (Wildman–Crippen LogP) is 3.77. The quantitative estimate of drug-likeness (QED) is 0.270. The van der Waals surface area contributed by atoms with Crippen LogP contribution in [0.2, 0.25) is 0 Å². The third-order valence-corrected chi connectivity index (χ3v) is 4.00. The molecule has 0 aliphatic heterocycles. The van der Waals surface area contributed by atoms with Gasteiger partial charge < -0.3 is 14.6 Å². The van der Waals surface area contributed by atoms with Crippen molar-refractivity contribution < 1.29 is 24.2 Å². The van der Waals surface area contributed by atoms with Crippen LogP contribution in [-0.2, 0) is 0 Å². The molecular weight excluding hydrogens is 384 g/mol. The predicted molar refractivity (Wildman–Crippen MR) is 112 cm³/mol. The molecule has 1 amide bonds. The number of carbonyl (C=O) groups excluding carboxylic acids is 2. The zero-order valence-corrected chi connectivity index (χ0v) is 16.2. The van der Waals surface area contributed by atoms with Gasteiger partial charge >= 0.3 is 5.97 Å². The number of phenols is 1. The first-order chi connectivity index (χ1) is 14.5. The first-order valence-electron chi connectivity index (χ1n) is 9.22. The number of amides is 1. The molecule has 0 bridgehead atoms. The minimum atomic E-state index is -0.472. The Bertz CT molecular complexity index is 1030. The van der Waals surface area contributed by atoms with Crippen molar-refractivity contribution in [3.63, 3.8) is 0 Å². The lowest BCUT2D eigenvalue weighted by molar-refractivity contribution is 0.0734. The molecule has 3 rings (SSSR count). The molecule has 0 fully saturated rings. The van der Waals surface area contributed by atoms with E-state index >= 15 is 0 Å². The van der Waals surface area contributed by atoms with Crippen molar-refractivity contribution in [2.45, 2.75) is 6.92 Å². The molecule has 2 N–H and O–H groups in total. The third kappa shape index (κ3) is 5.68. The van der Waals surface area contributed by atoms with Gasteiger partial charge in [-0.1, -0.05) is 0 Å². The smallest absolute Gasteiger partial charge is 0.343 e. The Morgan fingerprint density at radius 1 is 0.900 bits per heavy atom. The first kappa shape index (κ1) is 20.6. The highest BCUT2D eigenvalue weighted by Crippen LogP contribution is 2.16. The number of aromatic hydroxyl groups is 1. The maximum atomic E-state index is 12.2. The second kappa shape index (κ2) is 9.88. The molecule has 0 aliphatic rings. The molecule has 0 atom stereocenters. The number of ether oxygens (including phenoxy) is 2. The van der Waals surface area contributed by atoms with Crippen LogP contribution >= 0.6 is 0 Å². The van der Waals surface area contributed by atoms with E-state index in [1.165, 1.54) is 30.5 Å². The standard InChI is InChI=1S/C23H20N2O5/c1-2-29-20-13-7-18(8-14-20)23(28)30-21-11-3-16(4-12-21)15-24-25-22(27)17-5-9-19(26)10-6-17/h3-15,26H,2H2,1H3,(H,25,27)/b24-15-. The van der Waals surface area contributed by atoms with Crippen molar-refractivity contribution in [2.75, 3.05) is 6.61 Å². The van der Waals surface area contributed by atoms with E-state index < -0.39 is 11.9 Å². The fourth-order valence-corrected chi connectivity index (χ4v) is 2.48. The fourth-order valence-electron chi connectivity index (χ4n) is 2.48. The zero-order chi connectivity index (χ0) is 21.3. The Kier molecular flexibility index (Phi) is 6.78. The molecule has 0 unspecified atom stereocenters. The Labute approximate surface area is 173 Å². The largest absolute Gasteiger partial charge is 0.508 e. The SMILES string of the molecule is CCOc1ccc(C(=O)Oc2ccc(/C=N\NC(=O)c3ccc(O)cc3)cc2)cc1. The molecular formula is C23H20N2O5. The van der Waals surface area contributed by atoms with Gasteiger partial charge in [0.05, 0.1) is 18.4 Å². The van der Waals surface area contributed by atoms with Gasteiger partial charge in [-0.25, -0.2) is 10.2 Å². The summed E-state index contributed by atoms with van der Waals surface area (Å²) in [7, 11) is 0. The summed E-state index contributed by atoms with van der Waals surface area (Å²) in [5.74, 6) is 0.292. The summed E-state index contributed by atoms with van der Waals surface area (Å²) in [6, 6.07) is 19.2. The van der Waals surface area contributed by atoms with Gasteiger partial charge in [0.15, 0.2) is 0 Å². The number of carbonyl (C=O) groups is 2. The van der Waals surface area contributed by atoms with Crippen LogP contribution in [-0.4, -0.2) is 29.8 Å². The van der Waals surface area contributed by atoms with E-state index in [-0.39, 0.29) is 5.75 Å². The maximum Gasteiger partial charge on any atom is 0.343 e. The number of phenolic OH excluding ortho intramolecular Hbond substituents is 1. The summed E-state index contributed by atoms with van der Waals surface area (Å²) in [4.78, 5) is 24.2. The number of nitrogens with zero attached hydrogens (tertiary/aromatic N) is 1. The van der Waals surface area contributed by atoms with E-state index in [9.17, 15) is 14.7 Å². The molecule has 0 aliphatic carbocycles. The van der Waals surface area contributed by atoms with Crippen molar-refractivity contribution in [3.8, 4) is 17.2 Å². The van der Waals surface area contributed by atoms with Crippen molar-refractivity contribution in [1.82, 2.24) is 5.43 Å². The molecule has 3 aromatic carbocycles. The van der Waals surface area contributed by atoms with Gasteiger partial charge in [0.1, 0.15) is 17.2 Å². The Hall–Kier alpha value is -4.13. The number of hydrogen-bond donors (Lipinski definition) is 2. The second-order valence-corrected chi connectivity index (χ2v) is 6.16. The third-order valence-electron chi connectivity index (χ3n) is 4.00. The molecule has 0 radical (unpaired) electrons. The Morgan fingerprint density at radius 3 is 2.13 bits per heavy atom. The van der Waals surface area contributed by atoms with Crippen LogP contribution in [0.4, 0.5) is 0 Å². The molecule has 152 valence electrons. The first-order valence-corrected chi connectivity index (χ1v) is 9.22. The Balaban J connectivity index is 1.54. The summed E-state index contributed by atoms with van der Waals surface area (Å²) in [6.45, 7) is 2.44. The van der Waals surface area contributed by atoms with Gasteiger partial charge in [0.2, 0.25) is 0 Å². The van der Waals surface area contributed by atoms with E-state index in [2.05, 4.69) is 10.5 Å². The van der Waals surface area contributed by atoms with Crippen LogP contribution in [0.25, 0.3) is 0 Å². The van der Waals surface area contributed by atoms with E-state index in [1.807, 2.05) is 6.92 Å². The van der Waals surface area contributed by atoms with E-state index in [1.54, 1.807) is 48.5 Å². The molecule has 7 heteroatoms. The number of rotatable bonds is 7. The molecule has 0 saturated carbocycles. The number of benzene rings is 3. The van der Waals surface area contributed by atoms with Crippen LogP contribution in [0.3, 0.4) is 0 Å². The molecule has 0 saturated heterocycles. The summed E-state index contributed by atoms with van der Waals surface area (Å²) in [5.41, 5.74) is 3.91. The topological polar surface area (TPSA) is 97.2 Å². The van der Waals surface area contributed by atoms with Crippen molar-refractivity contribution in [3.05, 3.63) is 89.5 Å². The van der Waals surface area contributed by atoms with Crippen LogP contribution < -0.4 is 14.9 Å². The van der Waals surface area contributed by atoms with Crippen molar-refractivity contribution in [2.24, 2.45) is 5.10 Å².